The van der Waals surface area contributed by atoms with E-state index < -0.39 is 0 Å². The fraction of sp³-hybridized carbons (Fsp3) is 0.750. The van der Waals surface area contributed by atoms with Crippen LogP contribution in [0, 0.1) is 5.92 Å². The Bertz CT molecular complexity index is 220. The van der Waals surface area contributed by atoms with Gasteiger partial charge in [0, 0.05) is 18.4 Å². The van der Waals surface area contributed by atoms with Gasteiger partial charge in [-0.15, -0.1) is 0 Å². The topological polar surface area (TPSA) is 37.4 Å². The third-order valence-corrected chi connectivity index (χ3v) is 2.32. The zero-order valence-corrected chi connectivity index (χ0v) is 6.54. The molecule has 1 heterocycles. The fourth-order valence-corrected chi connectivity index (χ4v) is 1.52. The van der Waals surface area contributed by atoms with Gasteiger partial charge in [0.15, 0.2) is 0 Å². The Morgan fingerprint density at radius 3 is 2.36 bits per heavy atom. The van der Waals surface area contributed by atoms with Crippen LogP contribution < -0.4 is 0 Å². The number of hydrogen-bond donors (Lipinski definition) is 0. The van der Waals surface area contributed by atoms with Gasteiger partial charge in [-0.2, -0.15) is 0 Å². The van der Waals surface area contributed by atoms with Crippen LogP contribution in [0.5, 0.6) is 0 Å². The molecular formula is C8H11NO2. The Hall–Kier alpha value is -0.860. The predicted octanol–water partition coefficient (Wildman–Crippen LogP) is 0.544. The van der Waals surface area contributed by atoms with Crippen molar-refractivity contribution < 1.29 is 9.59 Å². The van der Waals surface area contributed by atoms with E-state index in [1.54, 1.807) is 0 Å². The monoisotopic (exact) mass is 153 g/mol. The Kier molecular flexibility index (Phi) is 1.28. The number of hydrogen-bond acceptors (Lipinski definition) is 2. The average molecular weight is 153 g/mol. The standard InChI is InChI=1S/C8H11NO2/c1-5-4-7(10)9(8(5)11)6-2-3-6/h5-6H,2-4H2,1H3/t5-/m0/s1. The van der Waals surface area contributed by atoms with Crippen LogP contribution in [0.3, 0.4) is 0 Å². The summed E-state index contributed by atoms with van der Waals surface area (Å²) in [6.45, 7) is 1.82. The van der Waals surface area contributed by atoms with Gasteiger partial charge in [0.2, 0.25) is 11.8 Å². The maximum Gasteiger partial charge on any atom is 0.232 e. The van der Waals surface area contributed by atoms with Gasteiger partial charge in [-0.05, 0) is 12.8 Å². The smallest absolute Gasteiger partial charge is 0.232 e. The normalized spacial score (nSPS) is 31.7. The van der Waals surface area contributed by atoms with Crippen molar-refractivity contribution in [2.24, 2.45) is 5.92 Å². The van der Waals surface area contributed by atoms with Crippen molar-refractivity contribution in [1.82, 2.24) is 4.90 Å². The summed E-state index contributed by atoms with van der Waals surface area (Å²) in [5, 5.41) is 0. The Labute approximate surface area is 65.4 Å². The van der Waals surface area contributed by atoms with E-state index >= 15 is 0 Å². The molecule has 11 heavy (non-hydrogen) atoms. The van der Waals surface area contributed by atoms with Crippen LogP contribution in [0.1, 0.15) is 26.2 Å². The molecule has 1 saturated carbocycles. The summed E-state index contributed by atoms with van der Waals surface area (Å²) in [6.07, 6.45) is 2.46. The van der Waals surface area contributed by atoms with Gasteiger partial charge >= 0.3 is 0 Å². The molecule has 3 nitrogen and oxygen atoms in total. The lowest BCUT2D eigenvalue weighted by atomic mass is 10.1. The summed E-state index contributed by atoms with van der Waals surface area (Å²) < 4.78 is 0. The molecule has 0 N–H and O–H groups in total. The predicted molar refractivity (Wildman–Crippen MR) is 38.7 cm³/mol. The molecule has 0 spiro atoms. The van der Waals surface area contributed by atoms with Crippen LogP contribution >= 0.6 is 0 Å². The molecule has 0 radical (unpaired) electrons. The Morgan fingerprint density at radius 2 is 2.00 bits per heavy atom. The highest BCUT2D eigenvalue weighted by molar-refractivity contribution is 6.03. The van der Waals surface area contributed by atoms with Crippen LogP contribution in [-0.2, 0) is 9.59 Å². The molecular weight excluding hydrogens is 142 g/mol. The molecule has 0 aromatic heterocycles. The van der Waals surface area contributed by atoms with E-state index in [9.17, 15) is 9.59 Å². The van der Waals surface area contributed by atoms with E-state index in [-0.39, 0.29) is 23.8 Å². The molecule has 2 aliphatic rings. The summed E-state index contributed by atoms with van der Waals surface area (Å²) >= 11 is 0. The minimum Gasteiger partial charge on any atom is -0.279 e. The molecule has 0 bridgehead atoms. The van der Waals surface area contributed by atoms with Crippen LogP contribution in [0.4, 0.5) is 0 Å². The molecule has 1 aliphatic carbocycles. The number of amides is 2. The number of likely N-dealkylation sites (tertiary alicyclic amines) is 1. The first kappa shape index (κ1) is 6.83. The number of carbonyl (C=O) groups excluding carboxylic acids is 2. The van der Waals surface area contributed by atoms with E-state index in [1.165, 1.54) is 4.90 Å². The van der Waals surface area contributed by atoms with Crippen LogP contribution in [0.2, 0.25) is 0 Å². The van der Waals surface area contributed by atoms with E-state index in [0.29, 0.717) is 6.42 Å². The van der Waals surface area contributed by atoms with Crippen molar-refractivity contribution in [3.05, 3.63) is 0 Å². The fourth-order valence-electron chi connectivity index (χ4n) is 1.52. The number of nitrogens with zero attached hydrogens (tertiary/aromatic N) is 1. The summed E-state index contributed by atoms with van der Waals surface area (Å²) in [7, 11) is 0. The van der Waals surface area contributed by atoms with Crippen molar-refractivity contribution in [1.29, 1.82) is 0 Å². The molecule has 2 rings (SSSR count). The second kappa shape index (κ2) is 2.06. The summed E-state index contributed by atoms with van der Waals surface area (Å²) in [4.78, 5) is 23.9. The molecule has 60 valence electrons. The second-order valence-electron chi connectivity index (χ2n) is 3.44. The van der Waals surface area contributed by atoms with Crippen molar-refractivity contribution in [3.63, 3.8) is 0 Å². The maximum absolute atomic E-state index is 11.3. The lowest BCUT2D eigenvalue weighted by molar-refractivity contribution is -0.139. The highest BCUT2D eigenvalue weighted by Gasteiger charge is 2.43. The molecule has 3 heteroatoms. The van der Waals surface area contributed by atoms with Crippen molar-refractivity contribution in [3.8, 4) is 0 Å². The molecule has 0 aromatic carbocycles. The van der Waals surface area contributed by atoms with Gasteiger partial charge < -0.3 is 0 Å². The minimum absolute atomic E-state index is 0.0324. The van der Waals surface area contributed by atoms with Gasteiger partial charge in [0.1, 0.15) is 0 Å². The van der Waals surface area contributed by atoms with Crippen LogP contribution in [-0.4, -0.2) is 22.8 Å². The van der Waals surface area contributed by atoms with E-state index in [4.69, 9.17) is 0 Å². The summed E-state index contributed by atoms with van der Waals surface area (Å²) in [5.41, 5.74) is 0. The average Bonchev–Trinajstić information content (AvgIpc) is 2.68. The van der Waals surface area contributed by atoms with Gasteiger partial charge in [-0.25, -0.2) is 0 Å². The Balaban J connectivity index is 2.17. The zero-order chi connectivity index (χ0) is 8.01. The zero-order valence-electron chi connectivity index (χ0n) is 6.54. The van der Waals surface area contributed by atoms with Gasteiger partial charge in [-0.1, -0.05) is 6.92 Å². The van der Waals surface area contributed by atoms with Crippen LogP contribution in [0.15, 0.2) is 0 Å². The maximum atomic E-state index is 11.3. The molecule has 2 amide bonds. The molecule has 1 aliphatic heterocycles. The van der Waals surface area contributed by atoms with Gasteiger partial charge in [-0.3, -0.25) is 14.5 Å². The van der Waals surface area contributed by atoms with Crippen molar-refractivity contribution in [2.45, 2.75) is 32.2 Å². The first-order valence-electron chi connectivity index (χ1n) is 4.06. The second-order valence-corrected chi connectivity index (χ2v) is 3.44. The molecule has 0 aromatic rings. The quantitative estimate of drug-likeness (QED) is 0.516. The van der Waals surface area contributed by atoms with E-state index in [0.717, 1.165) is 12.8 Å². The first-order valence-corrected chi connectivity index (χ1v) is 4.06. The lowest BCUT2D eigenvalue weighted by Gasteiger charge is -2.11. The van der Waals surface area contributed by atoms with E-state index in [2.05, 4.69) is 0 Å². The third kappa shape index (κ3) is 0.951. The summed E-state index contributed by atoms with van der Waals surface area (Å²) in [6, 6.07) is 0.264. The molecule has 1 atom stereocenters. The largest absolute Gasteiger partial charge is 0.279 e. The third-order valence-electron chi connectivity index (χ3n) is 2.32. The van der Waals surface area contributed by atoms with Gasteiger partial charge in [0.05, 0.1) is 0 Å². The highest BCUT2D eigenvalue weighted by Crippen LogP contribution is 2.33. The lowest BCUT2D eigenvalue weighted by Crippen LogP contribution is -2.32. The molecule has 0 unspecified atom stereocenters. The van der Waals surface area contributed by atoms with Crippen LogP contribution in [0.25, 0.3) is 0 Å². The first-order chi connectivity index (χ1) is 5.20. The van der Waals surface area contributed by atoms with Gasteiger partial charge in [0.25, 0.3) is 0 Å². The number of carbonyl (C=O) groups is 2. The number of rotatable bonds is 1. The molecule has 2 fully saturated rings. The minimum atomic E-state index is -0.0666. The van der Waals surface area contributed by atoms with Crippen molar-refractivity contribution in [2.75, 3.05) is 0 Å². The van der Waals surface area contributed by atoms with Crippen molar-refractivity contribution >= 4 is 11.8 Å². The molecule has 1 saturated heterocycles. The summed E-state index contributed by atoms with van der Waals surface area (Å²) in [5.74, 6) is 0.00519. The SMILES string of the molecule is C[C@H]1CC(=O)N(C2CC2)C1=O. The Morgan fingerprint density at radius 1 is 1.36 bits per heavy atom. The number of imide groups is 1. The van der Waals surface area contributed by atoms with E-state index in [1.807, 2.05) is 6.92 Å². The highest BCUT2D eigenvalue weighted by atomic mass is 16.2.